The number of carbonyl (C=O) groups excluding carboxylic acids is 1. The van der Waals surface area contributed by atoms with E-state index >= 15 is 0 Å². The van der Waals surface area contributed by atoms with Crippen molar-refractivity contribution in [2.75, 3.05) is 26.7 Å². The lowest BCUT2D eigenvalue weighted by molar-refractivity contribution is 0.0606. The number of hydrogen-bond donors (Lipinski definition) is 0. The Morgan fingerprint density at radius 3 is 2.85 bits per heavy atom. The summed E-state index contributed by atoms with van der Waals surface area (Å²) in [6.07, 6.45) is 2.78. The molecule has 0 aromatic carbocycles. The van der Waals surface area contributed by atoms with Crippen LogP contribution in [0.3, 0.4) is 0 Å². The van der Waals surface area contributed by atoms with Gasteiger partial charge in [-0.15, -0.1) is 11.3 Å². The minimum Gasteiger partial charge on any atom is -0.465 e. The second-order valence-electron chi connectivity index (χ2n) is 5.80. The van der Waals surface area contributed by atoms with E-state index in [0.29, 0.717) is 10.9 Å². The molecule has 5 heteroatoms. The molecule has 20 heavy (non-hydrogen) atoms. The molecule has 2 fully saturated rings. The average Bonchev–Trinajstić information content (AvgIpc) is 3.20. The lowest BCUT2D eigenvalue weighted by atomic mass is 10.2. The Hall–Kier alpha value is -0.910. The second-order valence-corrected chi connectivity index (χ2v) is 6.97. The van der Waals surface area contributed by atoms with E-state index in [2.05, 4.69) is 22.8 Å². The van der Waals surface area contributed by atoms with Crippen LogP contribution >= 0.6 is 11.3 Å². The zero-order valence-corrected chi connectivity index (χ0v) is 13.0. The summed E-state index contributed by atoms with van der Waals surface area (Å²) in [4.78, 5) is 18.6. The number of thiophene rings is 1. The molecule has 1 aliphatic heterocycles. The Morgan fingerprint density at radius 1 is 1.40 bits per heavy atom. The van der Waals surface area contributed by atoms with Crippen molar-refractivity contribution in [3.8, 4) is 0 Å². The van der Waals surface area contributed by atoms with Crippen molar-refractivity contribution in [3.63, 3.8) is 0 Å². The van der Waals surface area contributed by atoms with Crippen molar-refractivity contribution >= 4 is 17.3 Å². The van der Waals surface area contributed by atoms with Crippen molar-refractivity contribution < 1.29 is 9.53 Å². The van der Waals surface area contributed by atoms with Gasteiger partial charge in [0.05, 0.1) is 7.11 Å². The van der Waals surface area contributed by atoms with Gasteiger partial charge in [0.15, 0.2) is 0 Å². The molecule has 1 aromatic rings. The molecule has 0 radical (unpaired) electrons. The zero-order valence-electron chi connectivity index (χ0n) is 12.2. The summed E-state index contributed by atoms with van der Waals surface area (Å²) in [5.41, 5.74) is 0. The normalized spacial score (nSPS) is 24.8. The van der Waals surface area contributed by atoms with Gasteiger partial charge in [-0.2, -0.15) is 0 Å². The number of nitrogens with zero attached hydrogens (tertiary/aromatic N) is 2. The first-order valence-corrected chi connectivity index (χ1v) is 8.14. The van der Waals surface area contributed by atoms with Crippen LogP contribution in [-0.4, -0.2) is 54.6 Å². The first kappa shape index (κ1) is 14.0. The van der Waals surface area contributed by atoms with Gasteiger partial charge in [0.2, 0.25) is 0 Å². The molecule has 0 spiro atoms. The molecule has 1 saturated heterocycles. The summed E-state index contributed by atoms with van der Waals surface area (Å²) in [5, 5.41) is 0. The monoisotopic (exact) mass is 294 g/mol. The van der Waals surface area contributed by atoms with Crippen LogP contribution in [0.5, 0.6) is 0 Å². The van der Waals surface area contributed by atoms with Crippen molar-refractivity contribution in [2.45, 2.75) is 38.4 Å². The molecular weight excluding hydrogens is 272 g/mol. The third-order valence-electron chi connectivity index (χ3n) is 4.27. The van der Waals surface area contributed by atoms with Gasteiger partial charge in [0.25, 0.3) is 0 Å². The fourth-order valence-electron chi connectivity index (χ4n) is 2.90. The van der Waals surface area contributed by atoms with E-state index in [4.69, 9.17) is 4.74 Å². The summed E-state index contributed by atoms with van der Waals surface area (Å²) in [5.74, 6) is -0.229. The molecule has 3 rings (SSSR count). The van der Waals surface area contributed by atoms with Crippen molar-refractivity contribution in [1.82, 2.24) is 9.80 Å². The highest BCUT2D eigenvalue weighted by atomic mass is 32.1. The van der Waals surface area contributed by atoms with E-state index in [1.54, 1.807) is 11.3 Å². The summed E-state index contributed by atoms with van der Waals surface area (Å²) in [6, 6.07) is 5.38. The molecule has 0 amide bonds. The van der Waals surface area contributed by atoms with Gasteiger partial charge in [0, 0.05) is 43.1 Å². The Bertz CT molecular complexity index is 484. The lowest BCUT2D eigenvalue weighted by Crippen LogP contribution is -2.51. The molecular formula is C15H22N2O2S. The van der Waals surface area contributed by atoms with Gasteiger partial charge >= 0.3 is 5.97 Å². The number of ether oxygens (including phenoxy) is 1. The predicted molar refractivity (Wildman–Crippen MR) is 80.1 cm³/mol. The summed E-state index contributed by atoms with van der Waals surface area (Å²) in [6.45, 7) is 6.75. The average molecular weight is 294 g/mol. The maximum Gasteiger partial charge on any atom is 0.348 e. The van der Waals surface area contributed by atoms with Crippen LogP contribution in [0.1, 0.15) is 34.3 Å². The van der Waals surface area contributed by atoms with Crippen molar-refractivity contribution in [1.29, 1.82) is 0 Å². The first-order valence-electron chi connectivity index (χ1n) is 7.32. The van der Waals surface area contributed by atoms with Gasteiger partial charge in [-0.05, 0) is 31.9 Å². The van der Waals surface area contributed by atoms with Crippen LogP contribution in [-0.2, 0) is 11.3 Å². The number of methoxy groups -OCH3 is 1. The van der Waals surface area contributed by atoms with E-state index in [9.17, 15) is 4.79 Å². The minimum atomic E-state index is -0.229. The number of rotatable bonds is 4. The molecule has 1 aromatic heterocycles. The van der Waals surface area contributed by atoms with Crippen LogP contribution in [0, 0.1) is 0 Å². The van der Waals surface area contributed by atoms with Gasteiger partial charge < -0.3 is 4.74 Å². The summed E-state index contributed by atoms with van der Waals surface area (Å²) in [7, 11) is 1.43. The molecule has 1 atom stereocenters. The van der Waals surface area contributed by atoms with Crippen LogP contribution in [0.4, 0.5) is 0 Å². The Morgan fingerprint density at radius 2 is 2.20 bits per heavy atom. The number of esters is 1. The quantitative estimate of drug-likeness (QED) is 0.797. The molecule has 0 bridgehead atoms. The zero-order chi connectivity index (χ0) is 14.1. The van der Waals surface area contributed by atoms with Crippen molar-refractivity contribution in [3.05, 3.63) is 21.9 Å². The van der Waals surface area contributed by atoms with Crippen LogP contribution in [0.2, 0.25) is 0 Å². The maximum absolute atomic E-state index is 11.5. The number of piperazine rings is 1. The molecule has 1 saturated carbocycles. The topological polar surface area (TPSA) is 32.8 Å². The summed E-state index contributed by atoms with van der Waals surface area (Å²) >= 11 is 1.55. The number of hydrogen-bond acceptors (Lipinski definition) is 5. The fourth-order valence-corrected chi connectivity index (χ4v) is 3.85. The smallest absolute Gasteiger partial charge is 0.348 e. The van der Waals surface area contributed by atoms with E-state index in [1.807, 2.05) is 6.07 Å². The van der Waals surface area contributed by atoms with Gasteiger partial charge in [-0.3, -0.25) is 9.80 Å². The highest BCUT2D eigenvalue weighted by molar-refractivity contribution is 7.13. The largest absolute Gasteiger partial charge is 0.465 e. The van der Waals surface area contributed by atoms with Crippen LogP contribution < -0.4 is 0 Å². The molecule has 110 valence electrons. The SMILES string of the molecule is COC(=O)c1ccc(CN2CCN(C3CC3)CC2C)s1. The Balaban J connectivity index is 1.57. The lowest BCUT2D eigenvalue weighted by Gasteiger charge is -2.39. The standard InChI is InChI=1S/C15H22N2O2S/c1-11-9-17(12-3-4-12)8-7-16(11)10-13-5-6-14(20-13)15(18)19-2/h5-6,11-12H,3-4,7-10H2,1-2H3. The first-order chi connectivity index (χ1) is 9.67. The highest BCUT2D eigenvalue weighted by Crippen LogP contribution is 2.29. The Kier molecular flexibility index (Phi) is 4.10. The van der Waals surface area contributed by atoms with E-state index in [1.165, 1.54) is 37.9 Å². The van der Waals surface area contributed by atoms with Gasteiger partial charge in [-0.1, -0.05) is 0 Å². The molecule has 4 nitrogen and oxygen atoms in total. The molecule has 2 aliphatic rings. The van der Waals surface area contributed by atoms with Gasteiger partial charge in [-0.25, -0.2) is 4.79 Å². The van der Waals surface area contributed by atoms with E-state index < -0.39 is 0 Å². The van der Waals surface area contributed by atoms with E-state index in [0.717, 1.165) is 19.1 Å². The second kappa shape index (κ2) is 5.84. The third kappa shape index (κ3) is 3.05. The number of carbonyl (C=O) groups is 1. The van der Waals surface area contributed by atoms with E-state index in [-0.39, 0.29) is 5.97 Å². The summed E-state index contributed by atoms with van der Waals surface area (Å²) < 4.78 is 4.76. The predicted octanol–water partition coefficient (Wildman–Crippen LogP) is 2.20. The van der Waals surface area contributed by atoms with Crippen LogP contribution in [0.15, 0.2) is 12.1 Å². The molecule has 0 N–H and O–H groups in total. The molecule has 1 unspecified atom stereocenters. The Labute approximate surface area is 124 Å². The van der Waals surface area contributed by atoms with Crippen molar-refractivity contribution in [2.24, 2.45) is 0 Å². The van der Waals surface area contributed by atoms with Gasteiger partial charge in [0.1, 0.15) is 4.88 Å². The van der Waals surface area contributed by atoms with Crippen LogP contribution in [0.25, 0.3) is 0 Å². The molecule has 1 aliphatic carbocycles. The fraction of sp³-hybridized carbons (Fsp3) is 0.667. The highest BCUT2D eigenvalue weighted by Gasteiger charge is 2.33. The minimum absolute atomic E-state index is 0.229. The maximum atomic E-state index is 11.5. The molecule has 2 heterocycles. The third-order valence-corrected chi connectivity index (χ3v) is 5.32.